The van der Waals surface area contributed by atoms with Gasteiger partial charge in [0.25, 0.3) is 0 Å². The largest absolute Gasteiger partial charge is 0.497 e. The first kappa shape index (κ1) is 16.1. The highest BCUT2D eigenvalue weighted by Crippen LogP contribution is 2.43. The van der Waals surface area contributed by atoms with Crippen LogP contribution in [0.4, 0.5) is 0 Å². The lowest BCUT2D eigenvalue weighted by Crippen LogP contribution is -2.02. The van der Waals surface area contributed by atoms with Crippen LogP contribution >= 0.6 is 0 Å². The molecule has 0 saturated heterocycles. The Morgan fingerprint density at radius 3 is 2.37 bits per heavy atom. The van der Waals surface area contributed by atoms with Gasteiger partial charge in [-0.2, -0.15) is 0 Å². The molecule has 2 nitrogen and oxygen atoms in total. The average molecular weight is 352 g/mol. The van der Waals surface area contributed by atoms with Crippen molar-refractivity contribution in [3.63, 3.8) is 0 Å². The average Bonchev–Trinajstić information content (AvgIpc) is 2.73. The molecular formula is C25H20O2. The fourth-order valence-electron chi connectivity index (χ4n) is 4.21. The zero-order valence-electron chi connectivity index (χ0n) is 15.2. The van der Waals surface area contributed by atoms with E-state index < -0.39 is 0 Å². The van der Waals surface area contributed by atoms with Gasteiger partial charge in [0, 0.05) is 0 Å². The Morgan fingerprint density at radius 2 is 1.59 bits per heavy atom. The van der Waals surface area contributed by atoms with Gasteiger partial charge in [-0.25, -0.2) is 0 Å². The SMILES string of the molecule is COc1ccc2c(c1)Cc1cccc3c(-c4ccc(CO)cc4)ccc-2c13. The molecule has 0 aliphatic heterocycles. The van der Waals surface area contributed by atoms with Crippen molar-refractivity contribution in [1.82, 2.24) is 0 Å². The molecule has 1 N–H and O–H groups in total. The van der Waals surface area contributed by atoms with Crippen molar-refractivity contribution < 1.29 is 9.84 Å². The third kappa shape index (κ3) is 2.53. The predicted molar refractivity (Wildman–Crippen MR) is 110 cm³/mol. The lowest BCUT2D eigenvalue weighted by molar-refractivity contribution is 0.282. The van der Waals surface area contributed by atoms with E-state index in [0.29, 0.717) is 0 Å². The number of methoxy groups -OCH3 is 1. The summed E-state index contributed by atoms with van der Waals surface area (Å²) in [4.78, 5) is 0. The molecule has 0 bridgehead atoms. The van der Waals surface area contributed by atoms with E-state index in [-0.39, 0.29) is 6.61 Å². The number of fused-ring (bicyclic) bond motifs is 2. The summed E-state index contributed by atoms with van der Waals surface area (Å²) in [5.74, 6) is 0.907. The van der Waals surface area contributed by atoms with Crippen molar-refractivity contribution >= 4 is 10.8 Å². The van der Waals surface area contributed by atoms with Crippen molar-refractivity contribution in [1.29, 1.82) is 0 Å². The zero-order valence-corrected chi connectivity index (χ0v) is 15.2. The quantitative estimate of drug-likeness (QED) is 0.459. The molecular weight excluding hydrogens is 332 g/mol. The summed E-state index contributed by atoms with van der Waals surface area (Å²) in [5, 5.41) is 11.9. The molecule has 132 valence electrons. The summed E-state index contributed by atoms with van der Waals surface area (Å²) >= 11 is 0. The molecule has 0 radical (unpaired) electrons. The molecule has 0 heterocycles. The molecule has 0 spiro atoms. The van der Waals surface area contributed by atoms with E-state index in [0.717, 1.165) is 17.7 Å². The Bertz CT molecular complexity index is 1160. The van der Waals surface area contributed by atoms with Gasteiger partial charge in [-0.3, -0.25) is 0 Å². The van der Waals surface area contributed by atoms with Gasteiger partial charge in [0.05, 0.1) is 13.7 Å². The van der Waals surface area contributed by atoms with E-state index >= 15 is 0 Å². The molecule has 27 heavy (non-hydrogen) atoms. The first-order chi connectivity index (χ1) is 13.3. The van der Waals surface area contributed by atoms with E-state index in [9.17, 15) is 5.11 Å². The number of hydrogen-bond acceptors (Lipinski definition) is 2. The standard InChI is InChI=1S/C25H20O2/c1-27-20-9-10-22-19(14-20)13-18-3-2-4-23-21(11-12-24(22)25(18)23)17-7-5-16(15-26)6-8-17/h2-12,14,26H,13,15H2,1H3. The topological polar surface area (TPSA) is 29.5 Å². The highest BCUT2D eigenvalue weighted by atomic mass is 16.5. The second kappa shape index (κ2) is 6.26. The van der Waals surface area contributed by atoms with Crippen LogP contribution in [-0.2, 0) is 13.0 Å². The molecule has 0 fully saturated rings. The van der Waals surface area contributed by atoms with Crippen LogP contribution in [-0.4, -0.2) is 12.2 Å². The Morgan fingerprint density at radius 1 is 0.815 bits per heavy atom. The Balaban J connectivity index is 1.74. The third-order valence-electron chi connectivity index (χ3n) is 5.56. The highest BCUT2D eigenvalue weighted by Gasteiger charge is 2.20. The summed E-state index contributed by atoms with van der Waals surface area (Å²) in [7, 11) is 1.72. The van der Waals surface area contributed by atoms with E-state index in [1.807, 2.05) is 18.2 Å². The number of aliphatic hydroxyl groups is 1. The first-order valence-corrected chi connectivity index (χ1v) is 9.20. The fourth-order valence-corrected chi connectivity index (χ4v) is 4.21. The van der Waals surface area contributed by atoms with Gasteiger partial charge in [-0.05, 0) is 68.3 Å². The Kier molecular flexibility index (Phi) is 3.73. The van der Waals surface area contributed by atoms with E-state index in [1.54, 1.807) is 7.11 Å². The molecule has 5 rings (SSSR count). The molecule has 1 aliphatic rings. The summed E-state index contributed by atoms with van der Waals surface area (Å²) in [6.45, 7) is 0.0738. The van der Waals surface area contributed by atoms with Crippen LogP contribution in [0.15, 0.2) is 72.8 Å². The van der Waals surface area contributed by atoms with Crippen molar-refractivity contribution in [3.8, 4) is 28.0 Å². The first-order valence-electron chi connectivity index (χ1n) is 9.20. The van der Waals surface area contributed by atoms with E-state index in [1.165, 1.54) is 44.2 Å². The highest BCUT2D eigenvalue weighted by molar-refractivity contribution is 6.08. The normalized spacial score (nSPS) is 12.1. The maximum Gasteiger partial charge on any atom is 0.119 e. The van der Waals surface area contributed by atoms with Crippen LogP contribution in [0.5, 0.6) is 5.75 Å². The van der Waals surface area contributed by atoms with Crippen LogP contribution in [0.25, 0.3) is 33.0 Å². The number of benzene rings is 4. The number of aliphatic hydroxyl groups excluding tert-OH is 1. The van der Waals surface area contributed by atoms with Crippen LogP contribution in [0.1, 0.15) is 16.7 Å². The molecule has 0 atom stereocenters. The monoisotopic (exact) mass is 352 g/mol. The van der Waals surface area contributed by atoms with Gasteiger partial charge in [0.1, 0.15) is 5.75 Å². The minimum atomic E-state index is 0.0738. The number of ether oxygens (including phenoxy) is 1. The van der Waals surface area contributed by atoms with E-state index in [4.69, 9.17) is 4.74 Å². The molecule has 4 aromatic carbocycles. The van der Waals surface area contributed by atoms with Crippen LogP contribution in [0.3, 0.4) is 0 Å². The predicted octanol–water partition coefficient (Wildman–Crippen LogP) is 5.58. The molecule has 0 unspecified atom stereocenters. The van der Waals surface area contributed by atoms with Gasteiger partial charge in [0.15, 0.2) is 0 Å². The second-order valence-corrected chi connectivity index (χ2v) is 7.06. The zero-order chi connectivity index (χ0) is 18.4. The molecule has 0 amide bonds. The molecule has 0 aromatic heterocycles. The number of rotatable bonds is 3. The van der Waals surface area contributed by atoms with Gasteiger partial charge in [0.2, 0.25) is 0 Å². The maximum atomic E-state index is 9.30. The maximum absolute atomic E-state index is 9.30. The van der Waals surface area contributed by atoms with Gasteiger partial charge in [-0.15, -0.1) is 0 Å². The van der Waals surface area contributed by atoms with Crippen LogP contribution in [0, 0.1) is 0 Å². The fraction of sp³-hybridized carbons (Fsp3) is 0.120. The smallest absolute Gasteiger partial charge is 0.119 e. The minimum absolute atomic E-state index is 0.0738. The summed E-state index contributed by atoms with van der Waals surface area (Å²) < 4.78 is 5.42. The Labute approximate surface area is 158 Å². The summed E-state index contributed by atoms with van der Waals surface area (Å²) in [6.07, 6.45) is 0.920. The summed E-state index contributed by atoms with van der Waals surface area (Å²) in [6, 6.07) is 25.6. The van der Waals surface area contributed by atoms with Crippen molar-refractivity contribution in [2.45, 2.75) is 13.0 Å². The van der Waals surface area contributed by atoms with Crippen molar-refractivity contribution in [3.05, 3.63) is 89.5 Å². The second-order valence-electron chi connectivity index (χ2n) is 7.06. The summed E-state index contributed by atoms with van der Waals surface area (Å²) in [5.41, 5.74) is 8.60. The van der Waals surface area contributed by atoms with Gasteiger partial charge in [-0.1, -0.05) is 60.7 Å². The van der Waals surface area contributed by atoms with E-state index in [2.05, 4.69) is 54.6 Å². The minimum Gasteiger partial charge on any atom is -0.497 e. The van der Waals surface area contributed by atoms with Crippen molar-refractivity contribution in [2.75, 3.05) is 7.11 Å². The van der Waals surface area contributed by atoms with Crippen molar-refractivity contribution in [2.24, 2.45) is 0 Å². The third-order valence-corrected chi connectivity index (χ3v) is 5.56. The Hall–Kier alpha value is -3.10. The molecule has 4 aromatic rings. The van der Waals surface area contributed by atoms with Gasteiger partial charge < -0.3 is 9.84 Å². The number of hydrogen-bond donors (Lipinski definition) is 1. The van der Waals surface area contributed by atoms with Gasteiger partial charge >= 0.3 is 0 Å². The lowest BCUT2D eigenvalue weighted by Gasteiger charge is -2.23. The van der Waals surface area contributed by atoms with Crippen LogP contribution < -0.4 is 4.74 Å². The molecule has 1 aliphatic carbocycles. The molecule has 2 heteroatoms. The lowest BCUT2D eigenvalue weighted by atomic mass is 9.81. The van der Waals surface area contributed by atoms with Crippen LogP contribution in [0.2, 0.25) is 0 Å². The molecule has 0 saturated carbocycles.